The highest BCUT2D eigenvalue weighted by atomic mass is 32.1. The van der Waals surface area contributed by atoms with Crippen LogP contribution in [0.15, 0.2) is 12.1 Å². The van der Waals surface area contributed by atoms with Crippen LogP contribution in [0.1, 0.15) is 36.1 Å². The monoisotopic (exact) mass is 239 g/mol. The molecule has 0 bridgehead atoms. The Morgan fingerprint density at radius 2 is 2.25 bits per heavy atom. The molecule has 1 N–H and O–H groups in total. The van der Waals surface area contributed by atoms with Gasteiger partial charge in [-0.3, -0.25) is 0 Å². The van der Waals surface area contributed by atoms with Crippen LogP contribution in [0.5, 0.6) is 0 Å². The number of nitrogens with one attached hydrogen (secondary N) is 1. The second-order valence-corrected chi connectivity index (χ2v) is 6.07. The summed E-state index contributed by atoms with van der Waals surface area (Å²) in [6.45, 7) is 8.54. The van der Waals surface area contributed by atoms with Crippen LogP contribution in [0.4, 0.5) is 0 Å². The summed E-state index contributed by atoms with van der Waals surface area (Å²) in [4.78, 5) is 2.82. The van der Waals surface area contributed by atoms with Crippen LogP contribution in [0.2, 0.25) is 0 Å². The van der Waals surface area contributed by atoms with Crippen molar-refractivity contribution < 1.29 is 4.74 Å². The van der Waals surface area contributed by atoms with Crippen molar-refractivity contribution in [1.29, 1.82) is 0 Å². The zero-order chi connectivity index (χ0) is 11.5. The van der Waals surface area contributed by atoms with Gasteiger partial charge in [-0.1, -0.05) is 0 Å². The number of aryl methyl sites for hydroxylation is 1. The molecule has 0 spiro atoms. The fourth-order valence-corrected chi connectivity index (χ4v) is 3.13. The van der Waals surface area contributed by atoms with Crippen molar-refractivity contribution in [3.8, 4) is 0 Å². The molecule has 1 aromatic heterocycles. The van der Waals surface area contributed by atoms with Crippen LogP contribution in [0.3, 0.4) is 0 Å². The molecule has 1 saturated heterocycles. The molecule has 90 valence electrons. The molecule has 3 heteroatoms. The average Bonchev–Trinajstić information content (AvgIpc) is 2.87. The van der Waals surface area contributed by atoms with E-state index < -0.39 is 0 Å². The summed E-state index contributed by atoms with van der Waals surface area (Å²) < 4.78 is 5.43. The van der Waals surface area contributed by atoms with Crippen molar-refractivity contribution in [2.75, 3.05) is 13.2 Å². The maximum atomic E-state index is 5.43. The number of hydrogen-bond acceptors (Lipinski definition) is 3. The third-order valence-electron chi connectivity index (χ3n) is 3.37. The topological polar surface area (TPSA) is 21.3 Å². The minimum atomic E-state index is 0.453. The SMILES string of the molecule is Cc1ccc(C(C)NC(C)C2CCOC2)s1. The first-order chi connectivity index (χ1) is 7.66. The Bertz CT molecular complexity index is 330. The lowest BCUT2D eigenvalue weighted by Crippen LogP contribution is -2.35. The van der Waals surface area contributed by atoms with Crippen molar-refractivity contribution >= 4 is 11.3 Å². The molecule has 0 aliphatic carbocycles. The minimum Gasteiger partial charge on any atom is -0.381 e. The van der Waals surface area contributed by atoms with Crippen molar-refractivity contribution in [1.82, 2.24) is 5.32 Å². The summed E-state index contributed by atoms with van der Waals surface area (Å²) in [5, 5.41) is 3.68. The number of thiophene rings is 1. The van der Waals surface area contributed by atoms with Crippen molar-refractivity contribution in [3.05, 3.63) is 21.9 Å². The first-order valence-corrected chi connectivity index (χ1v) is 6.88. The Morgan fingerprint density at radius 3 is 2.81 bits per heavy atom. The molecular weight excluding hydrogens is 218 g/mol. The molecule has 0 amide bonds. The molecule has 0 aromatic carbocycles. The third kappa shape index (κ3) is 2.84. The molecule has 0 radical (unpaired) electrons. The van der Waals surface area contributed by atoms with Crippen molar-refractivity contribution in [2.24, 2.45) is 5.92 Å². The molecule has 2 heterocycles. The predicted molar refractivity (Wildman–Crippen MR) is 69.0 cm³/mol. The smallest absolute Gasteiger partial charge is 0.0509 e. The van der Waals surface area contributed by atoms with Gasteiger partial charge in [-0.2, -0.15) is 0 Å². The van der Waals surface area contributed by atoms with Gasteiger partial charge in [0.1, 0.15) is 0 Å². The molecule has 1 aliphatic heterocycles. The summed E-state index contributed by atoms with van der Waals surface area (Å²) in [5.41, 5.74) is 0. The number of ether oxygens (including phenoxy) is 1. The maximum Gasteiger partial charge on any atom is 0.0509 e. The van der Waals surface area contributed by atoms with Gasteiger partial charge in [0.15, 0.2) is 0 Å². The van der Waals surface area contributed by atoms with Gasteiger partial charge in [0.05, 0.1) is 6.61 Å². The largest absolute Gasteiger partial charge is 0.381 e. The summed E-state index contributed by atoms with van der Waals surface area (Å²) in [6, 6.07) is 5.42. The van der Waals surface area contributed by atoms with Crippen LogP contribution in [-0.4, -0.2) is 19.3 Å². The fraction of sp³-hybridized carbons (Fsp3) is 0.692. The van der Waals surface area contributed by atoms with Crippen LogP contribution in [0, 0.1) is 12.8 Å². The maximum absolute atomic E-state index is 5.43. The average molecular weight is 239 g/mol. The van der Waals surface area contributed by atoms with Crippen LogP contribution in [0.25, 0.3) is 0 Å². The summed E-state index contributed by atoms with van der Waals surface area (Å²) >= 11 is 1.89. The molecule has 16 heavy (non-hydrogen) atoms. The van der Waals surface area contributed by atoms with Crippen molar-refractivity contribution in [2.45, 2.75) is 39.3 Å². The zero-order valence-corrected chi connectivity index (χ0v) is 11.1. The van der Waals surface area contributed by atoms with Gasteiger partial charge < -0.3 is 10.1 Å². The van der Waals surface area contributed by atoms with E-state index in [1.54, 1.807) is 0 Å². The summed E-state index contributed by atoms with van der Waals surface area (Å²) in [5.74, 6) is 0.684. The molecule has 2 nitrogen and oxygen atoms in total. The van der Waals surface area contributed by atoms with E-state index in [4.69, 9.17) is 4.74 Å². The minimum absolute atomic E-state index is 0.453. The fourth-order valence-electron chi connectivity index (χ4n) is 2.25. The Balaban J connectivity index is 1.88. The number of hydrogen-bond donors (Lipinski definition) is 1. The molecule has 3 atom stereocenters. The lowest BCUT2D eigenvalue weighted by molar-refractivity contribution is 0.177. The normalized spacial score (nSPS) is 24.6. The Hall–Kier alpha value is -0.380. The van der Waals surface area contributed by atoms with E-state index >= 15 is 0 Å². The Morgan fingerprint density at radius 1 is 1.44 bits per heavy atom. The second kappa shape index (κ2) is 5.30. The van der Waals surface area contributed by atoms with E-state index in [2.05, 4.69) is 38.2 Å². The third-order valence-corrected chi connectivity index (χ3v) is 4.56. The van der Waals surface area contributed by atoms with Gasteiger partial charge in [-0.05, 0) is 45.2 Å². The van der Waals surface area contributed by atoms with Crippen LogP contribution < -0.4 is 5.32 Å². The Labute approximate surface area is 102 Å². The quantitative estimate of drug-likeness (QED) is 0.871. The van der Waals surface area contributed by atoms with Crippen LogP contribution in [-0.2, 0) is 4.74 Å². The molecular formula is C13H21NOS. The molecule has 3 unspecified atom stereocenters. The molecule has 0 saturated carbocycles. The van der Waals surface area contributed by atoms with Crippen molar-refractivity contribution in [3.63, 3.8) is 0 Å². The molecule has 2 rings (SSSR count). The van der Waals surface area contributed by atoms with E-state index in [0.29, 0.717) is 18.0 Å². The van der Waals surface area contributed by atoms with Gasteiger partial charge >= 0.3 is 0 Å². The zero-order valence-electron chi connectivity index (χ0n) is 10.3. The van der Waals surface area contributed by atoms with E-state index in [-0.39, 0.29) is 0 Å². The lowest BCUT2D eigenvalue weighted by Gasteiger charge is -2.23. The highest BCUT2D eigenvalue weighted by Gasteiger charge is 2.23. The van der Waals surface area contributed by atoms with E-state index in [9.17, 15) is 0 Å². The highest BCUT2D eigenvalue weighted by molar-refractivity contribution is 7.12. The van der Waals surface area contributed by atoms with E-state index in [1.807, 2.05) is 11.3 Å². The Kier molecular flexibility index (Phi) is 4.00. The summed E-state index contributed by atoms with van der Waals surface area (Å²) in [7, 11) is 0. The predicted octanol–water partition coefficient (Wildman–Crippen LogP) is 3.13. The van der Waals surface area contributed by atoms with Gasteiger partial charge in [-0.25, -0.2) is 0 Å². The first-order valence-electron chi connectivity index (χ1n) is 6.07. The molecule has 1 fully saturated rings. The van der Waals surface area contributed by atoms with Crippen LogP contribution >= 0.6 is 11.3 Å². The standard InChI is InChI=1S/C13H21NOS/c1-9-4-5-13(16-9)11(3)14-10(2)12-6-7-15-8-12/h4-5,10-12,14H,6-8H2,1-3H3. The first kappa shape index (κ1) is 12.1. The van der Waals surface area contributed by atoms with Gasteiger partial charge in [0.2, 0.25) is 0 Å². The van der Waals surface area contributed by atoms with Gasteiger partial charge in [-0.15, -0.1) is 11.3 Å². The lowest BCUT2D eigenvalue weighted by atomic mass is 10.00. The second-order valence-electron chi connectivity index (χ2n) is 4.75. The summed E-state index contributed by atoms with van der Waals surface area (Å²) in [6.07, 6.45) is 1.20. The number of rotatable bonds is 4. The van der Waals surface area contributed by atoms with Gasteiger partial charge in [0.25, 0.3) is 0 Å². The highest BCUT2D eigenvalue weighted by Crippen LogP contribution is 2.24. The molecule has 1 aliphatic rings. The molecule has 1 aromatic rings. The van der Waals surface area contributed by atoms with Gasteiger partial charge in [0, 0.05) is 28.4 Å². The van der Waals surface area contributed by atoms with E-state index in [1.165, 1.54) is 16.2 Å². The van der Waals surface area contributed by atoms with E-state index in [0.717, 1.165) is 13.2 Å².